The largest absolute Gasteiger partial charge is 0.477 e. The molecule has 1 N–H and O–H groups in total. The maximum absolute atomic E-state index is 13.5. The fourth-order valence-corrected chi connectivity index (χ4v) is 2.39. The molecule has 2 rings (SSSR count). The minimum absolute atomic E-state index is 0.0969. The predicted molar refractivity (Wildman–Crippen MR) is 61.6 cm³/mol. The van der Waals surface area contributed by atoms with Crippen molar-refractivity contribution in [3.05, 3.63) is 34.7 Å². The van der Waals surface area contributed by atoms with Crippen molar-refractivity contribution >= 4 is 17.3 Å². The molecule has 2 aromatic heterocycles. The van der Waals surface area contributed by atoms with Crippen LogP contribution in [0.15, 0.2) is 18.3 Å². The van der Waals surface area contributed by atoms with Gasteiger partial charge in [-0.3, -0.25) is 4.98 Å². The molecule has 2 aromatic rings. The SMILES string of the molecule is CCc1nc(-c2ncccc2F)sc1C(=O)O. The second-order valence-corrected chi connectivity index (χ2v) is 4.29. The highest BCUT2D eigenvalue weighted by atomic mass is 32.1. The highest BCUT2D eigenvalue weighted by Gasteiger charge is 2.19. The molecule has 17 heavy (non-hydrogen) atoms. The summed E-state index contributed by atoms with van der Waals surface area (Å²) in [6.45, 7) is 1.81. The first-order valence-corrected chi connectivity index (χ1v) is 5.79. The Kier molecular flexibility index (Phi) is 3.14. The molecule has 2 heterocycles. The molecule has 0 atom stereocenters. The monoisotopic (exact) mass is 252 g/mol. The van der Waals surface area contributed by atoms with E-state index in [1.165, 1.54) is 18.3 Å². The molecule has 0 fully saturated rings. The smallest absolute Gasteiger partial charge is 0.347 e. The summed E-state index contributed by atoms with van der Waals surface area (Å²) in [7, 11) is 0. The Bertz CT molecular complexity index is 568. The van der Waals surface area contributed by atoms with Crippen molar-refractivity contribution in [3.8, 4) is 10.7 Å². The summed E-state index contributed by atoms with van der Waals surface area (Å²) in [5, 5.41) is 9.29. The number of halogens is 1. The number of hydrogen-bond donors (Lipinski definition) is 1. The van der Waals surface area contributed by atoms with E-state index in [0.29, 0.717) is 17.1 Å². The zero-order valence-electron chi connectivity index (χ0n) is 8.98. The maximum Gasteiger partial charge on any atom is 0.347 e. The van der Waals surface area contributed by atoms with Crippen LogP contribution >= 0.6 is 11.3 Å². The number of rotatable bonds is 3. The van der Waals surface area contributed by atoms with Gasteiger partial charge in [0, 0.05) is 6.20 Å². The second-order valence-electron chi connectivity index (χ2n) is 3.29. The minimum Gasteiger partial charge on any atom is -0.477 e. The fraction of sp³-hybridized carbons (Fsp3) is 0.182. The molecule has 0 aliphatic heterocycles. The van der Waals surface area contributed by atoms with Crippen molar-refractivity contribution < 1.29 is 14.3 Å². The van der Waals surface area contributed by atoms with Gasteiger partial charge in [0.2, 0.25) is 0 Å². The van der Waals surface area contributed by atoms with Gasteiger partial charge in [-0.25, -0.2) is 14.2 Å². The lowest BCUT2D eigenvalue weighted by Gasteiger charge is -1.95. The zero-order chi connectivity index (χ0) is 12.4. The predicted octanol–water partition coefficient (Wildman–Crippen LogP) is 2.60. The van der Waals surface area contributed by atoms with Crippen LogP contribution in [0, 0.1) is 5.82 Å². The summed E-state index contributed by atoms with van der Waals surface area (Å²) < 4.78 is 13.5. The third-order valence-electron chi connectivity index (χ3n) is 2.19. The van der Waals surface area contributed by atoms with Crippen LogP contribution in [0.5, 0.6) is 0 Å². The first-order chi connectivity index (χ1) is 8.13. The van der Waals surface area contributed by atoms with Gasteiger partial charge < -0.3 is 5.11 Å². The van der Waals surface area contributed by atoms with Crippen LogP contribution in [0.2, 0.25) is 0 Å². The number of nitrogens with zero attached hydrogens (tertiary/aromatic N) is 2. The van der Waals surface area contributed by atoms with Crippen molar-refractivity contribution in [3.63, 3.8) is 0 Å². The van der Waals surface area contributed by atoms with E-state index in [0.717, 1.165) is 11.3 Å². The van der Waals surface area contributed by atoms with E-state index in [-0.39, 0.29) is 10.6 Å². The van der Waals surface area contributed by atoms with Gasteiger partial charge in [0.15, 0.2) is 5.82 Å². The lowest BCUT2D eigenvalue weighted by molar-refractivity contribution is 0.0701. The summed E-state index contributed by atoms with van der Waals surface area (Å²) in [5.41, 5.74) is 0.558. The van der Waals surface area contributed by atoms with Crippen LogP contribution in [0.25, 0.3) is 10.7 Å². The van der Waals surface area contributed by atoms with Crippen molar-refractivity contribution in [1.82, 2.24) is 9.97 Å². The maximum atomic E-state index is 13.5. The Hall–Kier alpha value is -1.82. The molecule has 0 amide bonds. The van der Waals surface area contributed by atoms with Gasteiger partial charge in [0.25, 0.3) is 0 Å². The molecule has 4 nitrogen and oxygen atoms in total. The molecule has 0 saturated heterocycles. The summed E-state index contributed by atoms with van der Waals surface area (Å²) >= 11 is 0.946. The van der Waals surface area contributed by atoms with Gasteiger partial charge in [0.1, 0.15) is 15.6 Å². The molecule has 0 aliphatic rings. The topological polar surface area (TPSA) is 63.1 Å². The minimum atomic E-state index is -1.04. The molecule has 0 bridgehead atoms. The summed E-state index contributed by atoms with van der Waals surface area (Å²) in [6.07, 6.45) is 1.94. The summed E-state index contributed by atoms with van der Waals surface area (Å²) in [5.74, 6) is -1.54. The van der Waals surface area contributed by atoms with Gasteiger partial charge in [-0.2, -0.15) is 0 Å². The van der Waals surface area contributed by atoms with E-state index in [1.54, 1.807) is 6.92 Å². The molecule has 0 radical (unpaired) electrons. The Balaban J connectivity index is 2.54. The van der Waals surface area contributed by atoms with Crippen molar-refractivity contribution in [1.29, 1.82) is 0 Å². The van der Waals surface area contributed by atoms with Crippen LogP contribution in [0.1, 0.15) is 22.3 Å². The molecular weight excluding hydrogens is 243 g/mol. The van der Waals surface area contributed by atoms with Crippen LogP contribution in [-0.2, 0) is 6.42 Å². The molecular formula is C11H9FN2O2S. The van der Waals surface area contributed by atoms with Crippen molar-refractivity contribution in [2.45, 2.75) is 13.3 Å². The van der Waals surface area contributed by atoms with Gasteiger partial charge in [-0.05, 0) is 18.6 Å². The van der Waals surface area contributed by atoms with Crippen LogP contribution in [0.3, 0.4) is 0 Å². The van der Waals surface area contributed by atoms with Gasteiger partial charge in [-0.15, -0.1) is 11.3 Å². The number of hydrogen-bond acceptors (Lipinski definition) is 4. The molecule has 6 heteroatoms. The van der Waals surface area contributed by atoms with Crippen LogP contribution < -0.4 is 0 Å². The third kappa shape index (κ3) is 2.16. The summed E-state index contributed by atoms with van der Waals surface area (Å²) in [6, 6.07) is 2.75. The lowest BCUT2D eigenvalue weighted by atomic mass is 10.3. The molecule has 88 valence electrons. The fourth-order valence-electron chi connectivity index (χ4n) is 1.40. The van der Waals surface area contributed by atoms with Gasteiger partial charge >= 0.3 is 5.97 Å². The Morgan fingerprint density at radius 2 is 2.35 bits per heavy atom. The number of pyridine rings is 1. The highest BCUT2D eigenvalue weighted by Crippen LogP contribution is 2.28. The molecule has 0 spiro atoms. The standard InChI is InChI=1S/C11H9FN2O2S/c1-2-7-9(11(15)16)17-10(14-7)8-6(12)4-3-5-13-8/h3-5H,2H2,1H3,(H,15,16). The van der Waals surface area contributed by atoms with Crippen molar-refractivity contribution in [2.24, 2.45) is 0 Å². The number of carboxylic acid groups (broad SMARTS) is 1. The van der Waals surface area contributed by atoms with E-state index < -0.39 is 11.8 Å². The summed E-state index contributed by atoms with van der Waals surface area (Å²) in [4.78, 5) is 19.1. The van der Waals surface area contributed by atoms with E-state index in [1.807, 2.05) is 0 Å². The average Bonchev–Trinajstić information content (AvgIpc) is 2.73. The third-order valence-corrected chi connectivity index (χ3v) is 3.28. The zero-order valence-corrected chi connectivity index (χ0v) is 9.79. The molecule has 0 unspecified atom stereocenters. The number of aromatic nitrogens is 2. The Morgan fingerprint density at radius 3 is 2.88 bits per heavy atom. The van der Waals surface area contributed by atoms with Gasteiger partial charge in [0.05, 0.1) is 5.69 Å². The van der Waals surface area contributed by atoms with Crippen LogP contribution in [0.4, 0.5) is 4.39 Å². The lowest BCUT2D eigenvalue weighted by Crippen LogP contribution is -1.97. The normalized spacial score (nSPS) is 10.5. The quantitative estimate of drug-likeness (QED) is 0.912. The molecule has 0 saturated carbocycles. The van der Waals surface area contributed by atoms with E-state index in [4.69, 9.17) is 5.11 Å². The van der Waals surface area contributed by atoms with E-state index >= 15 is 0 Å². The highest BCUT2D eigenvalue weighted by molar-refractivity contribution is 7.17. The molecule has 0 aromatic carbocycles. The number of aromatic carboxylic acids is 1. The van der Waals surface area contributed by atoms with Crippen LogP contribution in [-0.4, -0.2) is 21.0 Å². The van der Waals surface area contributed by atoms with Gasteiger partial charge in [-0.1, -0.05) is 6.92 Å². The number of carbonyl (C=O) groups is 1. The molecule has 0 aliphatic carbocycles. The first-order valence-electron chi connectivity index (χ1n) is 4.97. The average molecular weight is 252 g/mol. The first kappa shape index (κ1) is 11.7. The second kappa shape index (κ2) is 4.58. The van der Waals surface area contributed by atoms with E-state index in [2.05, 4.69) is 9.97 Å². The van der Waals surface area contributed by atoms with E-state index in [9.17, 15) is 9.18 Å². The Labute approximate surface area is 101 Å². The number of aryl methyl sites for hydroxylation is 1. The number of thiazole rings is 1. The Morgan fingerprint density at radius 1 is 1.59 bits per heavy atom. The van der Waals surface area contributed by atoms with Crippen molar-refractivity contribution in [2.75, 3.05) is 0 Å². The number of carboxylic acids is 1.